The summed E-state index contributed by atoms with van der Waals surface area (Å²) >= 11 is 0. The van der Waals surface area contributed by atoms with E-state index in [0.29, 0.717) is 0 Å². The van der Waals surface area contributed by atoms with Gasteiger partial charge in [0.25, 0.3) is 0 Å². The second-order valence-corrected chi connectivity index (χ2v) is 4.77. The molecule has 19 heavy (non-hydrogen) atoms. The first-order valence-corrected chi connectivity index (χ1v) is 6.25. The molecule has 0 radical (unpaired) electrons. The van der Waals surface area contributed by atoms with Gasteiger partial charge in [-0.25, -0.2) is 0 Å². The van der Waals surface area contributed by atoms with Crippen LogP contribution in [0.1, 0.15) is 22.7 Å². The number of carbonyl (C=O) groups excluding carboxylic acids is 1. The molecule has 1 amide bonds. The van der Waals surface area contributed by atoms with Crippen LogP contribution in [-0.4, -0.2) is 5.91 Å². The molecule has 3 N–H and O–H groups in total. The Bertz CT molecular complexity index is 558. The van der Waals surface area contributed by atoms with Crippen molar-refractivity contribution in [3.8, 4) is 0 Å². The highest BCUT2D eigenvalue weighted by atomic mass is 16.1. The molecule has 0 saturated heterocycles. The number of nitrogens with one attached hydrogen (secondary N) is 1. The number of nitrogens with two attached hydrogens (primary N) is 1. The number of primary amides is 1. The lowest BCUT2D eigenvalue weighted by molar-refractivity contribution is -0.118. The molecule has 0 aliphatic heterocycles. The summed E-state index contributed by atoms with van der Waals surface area (Å²) in [7, 11) is 0. The van der Waals surface area contributed by atoms with Gasteiger partial charge in [-0.05, 0) is 42.7 Å². The number of amides is 1. The minimum atomic E-state index is -0.512. The fourth-order valence-corrected chi connectivity index (χ4v) is 2.19. The lowest BCUT2D eigenvalue weighted by Crippen LogP contribution is -2.27. The molecule has 2 aromatic carbocycles. The maximum atomic E-state index is 11.6. The van der Waals surface area contributed by atoms with Crippen molar-refractivity contribution in [3.63, 3.8) is 0 Å². The fraction of sp³-hybridized carbons (Fsp3) is 0.188. The number of rotatable bonds is 4. The smallest absolute Gasteiger partial charge is 0.244 e. The highest BCUT2D eigenvalue weighted by Gasteiger charge is 2.17. The van der Waals surface area contributed by atoms with E-state index >= 15 is 0 Å². The van der Waals surface area contributed by atoms with Crippen LogP contribution in [0.15, 0.2) is 48.5 Å². The normalized spacial score (nSPS) is 11.9. The van der Waals surface area contributed by atoms with Gasteiger partial charge in [0.1, 0.15) is 6.04 Å². The van der Waals surface area contributed by atoms with Crippen molar-refractivity contribution in [1.82, 2.24) is 0 Å². The molecule has 0 heterocycles. The Balaban J connectivity index is 2.29. The lowest BCUT2D eigenvalue weighted by atomic mass is 10.1. The van der Waals surface area contributed by atoms with Crippen LogP contribution in [-0.2, 0) is 4.79 Å². The zero-order chi connectivity index (χ0) is 13.8. The average molecular weight is 254 g/mol. The summed E-state index contributed by atoms with van der Waals surface area (Å²) in [6.45, 7) is 4.06. The monoisotopic (exact) mass is 254 g/mol. The second kappa shape index (κ2) is 5.57. The van der Waals surface area contributed by atoms with Crippen molar-refractivity contribution < 1.29 is 4.79 Å². The molecule has 3 heteroatoms. The summed E-state index contributed by atoms with van der Waals surface area (Å²) in [5, 5.41) is 3.20. The number of hydrogen-bond acceptors (Lipinski definition) is 2. The van der Waals surface area contributed by atoms with Crippen molar-refractivity contribution >= 4 is 11.6 Å². The predicted molar refractivity (Wildman–Crippen MR) is 77.9 cm³/mol. The quantitative estimate of drug-likeness (QED) is 0.881. The molecule has 0 aromatic heterocycles. The standard InChI is InChI=1S/C16H18N2O/c1-11-8-12(2)10-14(9-11)18-15(16(17)19)13-6-4-3-5-7-13/h3-10,15,18H,1-2H3,(H2,17,19)/t15-/m1/s1. The summed E-state index contributed by atoms with van der Waals surface area (Å²) in [4.78, 5) is 11.6. The van der Waals surface area contributed by atoms with Crippen LogP contribution < -0.4 is 11.1 Å². The molecule has 2 aromatic rings. The Morgan fingerprint density at radius 1 is 1.05 bits per heavy atom. The average Bonchev–Trinajstić information content (AvgIpc) is 2.35. The van der Waals surface area contributed by atoms with Crippen molar-refractivity contribution in [1.29, 1.82) is 0 Å². The number of aryl methyl sites for hydroxylation is 2. The Morgan fingerprint density at radius 2 is 1.63 bits per heavy atom. The molecule has 0 bridgehead atoms. The van der Waals surface area contributed by atoms with E-state index in [-0.39, 0.29) is 5.91 Å². The highest BCUT2D eigenvalue weighted by Crippen LogP contribution is 2.21. The van der Waals surface area contributed by atoms with Crippen LogP contribution in [0.3, 0.4) is 0 Å². The van der Waals surface area contributed by atoms with Gasteiger partial charge in [0.2, 0.25) is 5.91 Å². The van der Waals surface area contributed by atoms with E-state index in [0.717, 1.165) is 22.4 Å². The van der Waals surface area contributed by atoms with Crippen LogP contribution in [0.4, 0.5) is 5.69 Å². The van der Waals surface area contributed by atoms with Gasteiger partial charge in [-0.2, -0.15) is 0 Å². The van der Waals surface area contributed by atoms with Gasteiger partial charge < -0.3 is 11.1 Å². The summed E-state index contributed by atoms with van der Waals surface area (Å²) in [6.07, 6.45) is 0. The van der Waals surface area contributed by atoms with Crippen molar-refractivity contribution in [2.24, 2.45) is 5.73 Å². The molecule has 3 nitrogen and oxygen atoms in total. The minimum absolute atomic E-state index is 0.384. The first kappa shape index (κ1) is 13.1. The minimum Gasteiger partial charge on any atom is -0.370 e. The van der Waals surface area contributed by atoms with Crippen LogP contribution >= 0.6 is 0 Å². The summed E-state index contributed by atoms with van der Waals surface area (Å²) in [5.74, 6) is -0.384. The molecule has 0 unspecified atom stereocenters. The van der Waals surface area contributed by atoms with Crippen LogP contribution in [0.5, 0.6) is 0 Å². The van der Waals surface area contributed by atoms with Gasteiger partial charge in [0.05, 0.1) is 0 Å². The summed E-state index contributed by atoms with van der Waals surface area (Å²) in [5.41, 5.74) is 9.57. The third kappa shape index (κ3) is 3.35. The number of anilines is 1. The molecule has 98 valence electrons. The van der Waals surface area contributed by atoms with Crippen molar-refractivity contribution in [2.45, 2.75) is 19.9 Å². The Kier molecular flexibility index (Phi) is 3.85. The van der Waals surface area contributed by atoms with Gasteiger partial charge in [0, 0.05) is 5.69 Å². The third-order valence-electron chi connectivity index (χ3n) is 2.95. The van der Waals surface area contributed by atoms with E-state index in [1.165, 1.54) is 0 Å². The van der Waals surface area contributed by atoms with E-state index in [1.807, 2.05) is 56.3 Å². The maximum Gasteiger partial charge on any atom is 0.244 e. The summed E-state index contributed by atoms with van der Waals surface area (Å²) in [6, 6.07) is 15.1. The van der Waals surface area contributed by atoms with Crippen molar-refractivity contribution in [2.75, 3.05) is 5.32 Å². The highest BCUT2D eigenvalue weighted by molar-refractivity contribution is 5.84. The zero-order valence-electron chi connectivity index (χ0n) is 11.2. The lowest BCUT2D eigenvalue weighted by Gasteiger charge is -2.18. The molecule has 0 spiro atoms. The van der Waals surface area contributed by atoms with Gasteiger partial charge in [0.15, 0.2) is 0 Å². The predicted octanol–water partition coefficient (Wildman–Crippen LogP) is 2.94. The largest absolute Gasteiger partial charge is 0.370 e. The molecule has 0 aliphatic rings. The van der Waals surface area contributed by atoms with E-state index in [9.17, 15) is 4.79 Å². The number of benzene rings is 2. The van der Waals surface area contributed by atoms with Crippen molar-refractivity contribution in [3.05, 3.63) is 65.2 Å². The number of hydrogen-bond donors (Lipinski definition) is 2. The molecular weight excluding hydrogens is 236 g/mol. The Morgan fingerprint density at radius 3 is 2.16 bits per heavy atom. The van der Waals surface area contributed by atoms with Gasteiger partial charge in [-0.15, -0.1) is 0 Å². The first-order valence-electron chi connectivity index (χ1n) is 6.25. The third-order valence-corrected chi connectivity index (χ3v) is 2.95. The SMILES string of the molecule is Cc1cc(C)cc(N[C@@H](C(N)=O)c2ccccc2)c1. The van der Waals surface area contributed by atoms with E-state index in [2.05, 4.69) is 11.4 Å². The topological polar surface area (TPSA) is 55.1 Å². The van der Waals surface area contributed by atoms with Crippen LogP contribution in [0, 0.1) is 13.8 Å². The maximum absolute atomic E-state index is 11.6. The Labute approximate surface area is 113 Å². The molecule has 0 aliphatic carbocycles. The molecule has 0 saturated carbocycles. The Hall–Kier alpha value is -2.29. The van der Waals surface area contributed by atoms with E-state index < -0.39 is 6.04 Å². The molecule has 0 fully saturated rings. The molecule has 1 atom stereocenters. The van der Waals surface area contributed by atoms with E-state index in [4.69, 9.17) is 5.73 Å². The van der Waals surface area contributed by atoms with Gasteiger partial charge >= 0.3 is 0 Å². The molecule has 2 rings (SSSR count). The second-order valence-electron chi connectivity index (χ2n) is 4.77. The number of carbonyl (C=O) groups is 1. The first-order chi connectivity index (χ1) is 9.06. The summed E-state index contributed by atoms with van der Waals surface area (Å²) < 4.78 is 0. The van der Waals surface area contributed by atoms with Gasteiger partial charge in [-0.1, -0.05) is 36.4 Å². The van der Waals surface area contributed by atoms with Crippen LogP contribution in [0.2, 0.25) is 0 Å². The fourth-order valence-electron chi connectivity index (χ4n) is 2.19. The zero-order valence-corrected chi connectivity index (χ0v) is 11.2. The van der Waals surface area contributed by atoms with Crippen LogP contribution in [0.25, 0.3) is 0 Å². The molecular formula is C16H18N2O. The van der Waals surface area contributed by atoms with E-state index in [1.54, 1.807) is 0 Å². The van der Waals surface area contributed by atoms with Gasteiger partial charge in [-0.3, -0.25) is 4.79 Å².